The fraction of sp³-hybridized carbons (Fsp3) is 0. The maximum absolute atomic E-state index is 2.51. The maximum atomic E-state index is 2.51. The lowest BCUT2D eigenvalue weighted by Crippen LogP contribution is -2.12. The van der Waals surface area contributed by atoms with E-state index in [2.05, 4.69) is 254 Å². The van der Waals surface area contributed by atoms with Crippen LogP contribution in [0.4, 0.5) is 17.1 Å². The van der Waals surface area contributed by atoms with Crippen LogP contribution in [0.15, 0.2) is 249 Å². The van der Waals surface area contributed by atoms with Gasteiger partial charge >= 0.3 is 0 Å². The molecular weight excluding hydrogens is 791 g/mol. The lowest BCUT2D eigenvalue weighted by atomic mass is 9.88. The summed E-state index contributed by atoms with van der Waals surface area (Å²) >= 11 is 1.88. The van der Waals surface area contributed by atoms with Crippen LogP contribution in [0.2, 0.25) is 0 Å². The SMILES string of the molecule is c1ccc(-c2ccc(-c3ccc(N(c4cccc(-c5cccc6c5sc5ccccc56)c4)c4c(-c5cccc(-c6ccccc6)c5)c5ccccc5c5ccccc45)cc3)cc2)cc1. The molecule has 11 aromatic carbocycles. The van der Waals surface area contributed by atoms with Crippen LogP contribution in [-0.2, 0) is 0 Å². The number of nitrogens with zero attached hydrogens (tertiary/aromatic N) is 1. The second-order valence-electron chi connectivity index (χ2n) is 16.4. The summed E-state index contributed by atoms with van der Waals surface area (Å²) in [6, 6.07) is 91.0. The van der Waals surface area contributed by atoms with Crippen LogP contribution >= 0.6 is 11.3 Å². The van der Waals surface area contributed by atoms with Crippen LogP contribution < -0.4 is 4.90 Å². The van der Waals surface area contributed by atoms with Crippen molar-refractivity contribution in [3.8, 4) is 55.6 Å². The van der Waals surface area contributed by atoms with E-state index in [1.54, 1.807) is 0 Å². The van der Waals surface area contributed by atoms with Gasteiger partial charge in [0.2, 0.25) is 0 Å². The smallest absolute Gasteiger partial charge is 0.0624 e. The van der Waals surface area contributed by atoms with Crippen molar-refractivity contribution >= 4 is 70.1 Å². The minimum absolute atomic E-state index is 1.09. The Morgan fingerprint density at radius 1 is 0.266 bits per heavy atom. The first kappa shape index (κ1) is 37.7. The number of benzene rings is 11. The lowest BCUT2D eigenvalue weighted by molar-refractivity contribution is 1.30. The highest BCUT2D eigenvalue weighted by Gasteiger charge is 2.24. The van der Waals surface area contributed by atoms with Crippen molar-refractivity contribution in [2.75, 3.05) is 4.90 Å². The highest BCUT2D eigenvalue weighted by atomic mass is 32.1. The largest absolute Gasteiger partial charge is 0.309 e. The zero-order chi connectivity index (χ0) is 42.4. The van der Waals surface area contributed by atoms with Crippen molar-refractivity contribution in [2.45, 2.75) is 0 Å². The van der Waals surface area contributed by atoms with E-state index in [1.165, 1.54) is 97.4 Å². The summed E-state index contributed by atoms with van der Waals surface area (Å²) in [6.07, 6.45) is 0. The van der Waals surface area contributed by atoms with Gasteiger partial charge in [-0.3, -0.25) is 0 Å². The number of anilines is 3. The van der Waals surface area contributed by atoms with Crippen molar-refractivity contribution in [1.29, 1.82) is 0 Å². The molecule has 0 amide bonds. The monoisotopic (exact) mass is 831 g/mol. The molecule has 300 valence electrons. The minimum atomic E-state index is 1.09. The van der Waals surface area contributed by atoms with Gasteiger partial charge < -0.3 is 4.90 Å². The average Bonchev–Trinajstić information content (AvgIpc) is 3.76. The number of fused-ring (bicyclic) bond motifs is 6. The molecule has 0 spiro atoms. The normalized spacial score (nSPS) is 11.4. The van der Waals surface area contributed by atoms with Gasteiger partial charge in [-0.15, -0.1) is 11.3 Å². The van der Waals surface area contributed by atoms with Gasteiger partial charge in [0.15, 0.2) is 0 Å². The predicted molar refractivity (Wildman–Crippen MR) is 276 cm³/mol. The molecule has 0 saturated carbocycles. The Kier molecular flexibility index (Phi) is 9.43. The second kappa shape index (κ2) is 16.0. The quantitative estimate of drug-likeness (QED) is 0.138. The molecule has 0 aliphatic heterocycles. The van der Waals surface area contributed by atoms with Gasteiger partial charge in [-0.25, -0.2) is 0 Å². The van der Waals surface area contributed by atoms with Crippen LogP contribution in [0.1, 0.15) is 0 Å². The van der Waals surface area contributed by atoms with E-state index in [4.69, 9.17) is 0 Å². The fourth-order valence-electron chi connectivity index (χ4n) is 9.62. The van der Waals surface area contributed by atoms with Crippen molar-refractivity contribution in [1.82, 2.24) is 0 Å². The van der Waals surface area contributed by atoms with Gasteiger partial charge in [-0.05, 0) is 103 Å². The molecule has 0 bridgehead atoms. The number of hydrogen-bond donors (Lipinski definition) is 0. The molecule has 0 saturated heterocycles. The van der Waals surface area contributed by atoms with E-state index >= 15 is 0 Å². The number of hydrogen-bond acceptors (Lipinski definition) is 2. The molecule has 1 nitrogen and oxygen atoms in total. The van der Waals surface area contributed by atoms with Crippen molar-refractivity contribution in [3.05, 3.63) is 249 Å². The summed E-state index contributed by atoms with van der Waals surface area (Å²) in [6.45, 7) is 0. The molecular formula is C62H41NS. The second-order valence-corrected chi connectivity index (χ2v) is 17.5. The molecule has 0 aliphatic rings. The third kappa shape index (κ3) is 6.64. The summed E-state index contributed by atoms with van der Waals surface area (Å²) in [5, 5.41) is 7.48. The lowest BCUT2D eigenvalue weighted by Gasteiger charge is -2.31. The van der Waals surface area contributed by atoms with Crippen molar-refractivity contribution in [2.24, 2.45) is 0 Å². The molecule has 0 unspecified atom stereocenters. The first-order chi connectivity index (χ1) is 31.7. The minimum Gasteiger partial charge on any atom is -0.309 e. The molecule has 1 aromatic heterocycles. The summed E-state index contributed by atoms with van der Waals surface area (Å²) in [5.74, 6) is 0. The van der Waals surface area contributed by atoms with Crippen molar-refractivity contribution in [3.63, 3.8) is 0 Å². The third-order valence-corrected chi connectivity index (χ3v) is 13.9. The Labute approximate surface area is 377 Å². The van der Waals surface area contributed by atoms with E-state index < -0.39 is 0 Å². The van der Waals surface area contributed by atoms with Crippen LogP contribution in [0.3, 0.4) is 0 Å². The summed E-state index contributed by atoms with van der Waals surface area (Å²) in [5.41, 5.74) is 15.3. The van der Waals surface area contributed by atoms with Crippen LogP contribution in [0.25, 0.3) is 97.4 Å². The molecule has 1 heterocycles. The van der Waals surface area contributed by atoms with Gasteiger partial charge in [0, 0.05) is 42.5 Å². The maximum Gasteiger partial charge on any atom is 0.0624 e. The average molecular weight is 832 g/mol. The number of rotatable bonds is 8. The Bertz CT molecular complexity index is 3640. The molecule has 0 fully saturated rings. The van der Waals surface area contributed by atoms with E-state index in [0.717, 1.165) is 17.1 Å². The number of thiophene rings is 1. The molecule has 0 atom stereocenters. The molecule has 2 heteroatoms. The summed E-state index contributed by atoms with van der Waals surface area (Å²) in [7, 11) is 0. The van der Waals surface area contributed by atoms with Crippen LogP contribution in [0, 0.1) is 0 Å². The van der Waals surface area contributed by atoms with Gasteiger partial charge in [-0.1, -0.05) is 212 Å². The predicted octanol–water partition coefficient (Wildman–Crippen LogP) is 18.2. The van der Waals surface area contributed by atoms with Gasteiger partial charge in [0.25, 0.3) is 0 Å². The Morgan fingerprint density at radius 3 is 1.44 bits per heavy atom. The van der Waals surface area contributed by atoms with Gasteiger partial charge in [0.05, 0.1) is 5.69 Å². The molecule has 12 rings (SSSR count). The summed E-state index contributed by atoms with van der Waals surface area (Å²) in [4.78, 5) is 2.51. The molecule has 0 N–H and O–H groups in total. The van der Waals surface area contributed by atoms with E-state index in [1.807, 2.05) is 11.3 Å². The molecule has 0 radical (unpaired) electrons. The van der Waals surface area contributed by atoms with Gasteiger partial charge in [0.1, 0.15) is 0 Å². The van der Waals surface area contributed by atoms with E-state index in [0.29, 0.717) is 0 Å². The van der Waals surface area contributed by atoms with Crippen LogP contribution in [-0.4, -0.2) is 0 Å². The zero-order valence-corrected chi connectivity index (χ0v) is 35.8. The Morgan fingerprint density at radius 2 is 0.734 bits per heavy atom. The Hall–Kier alpha value is -8.04. The van der Waals surface area contributed by atoms with E-state index in [9.17, 15) is 0 Å². The summed E-state index contributed by atoms with van der Waals surface area (Å²) < 4.78 is 2.62. The highest BCUT2D eigenvalue weighted by molar-refractivity contribution is 7.26. The van der Waals surface area contributed by atoms with Crippen molar-refractivity contribution < 1.29 is 0 Å². The molecule has 0 aliphatic carbocycles. The van der Waals surface area contributed by atoms with Gasteiger partial charge in [-0.2, -0.15) is 0 Å². The first-order valence-electron chi connectivity index (χ1n) is 21.9. The standard InChI is InChI=1S/C62H41NS/c1-3-16-42(17-4-1)44-32-34-45(35-33-44)46-36-38-50(39-37-46)63(51-23-14-21-48(41-51)52-29-15-30-58-55-26-11-12-31-59(55)64-62(52)58)61-57-28-10-8-25-54(57)53-24-7-9-27-56(53)60(61)49-22-13-20-47(40-49)43-18-5-2-6-19-43/h1-41H. The topological polar surface area (TPSA) is 3.24 Å². The third-order valence-electron chi connectivity index (χ3n) is 12.7. The molecule has 12 aromatic rings. The van der Waals surface area contributed by atoms with E-state index in [-0.39, 0.29) is 0 Å². The molecule has 64 heavy (non-hydrogen) atoms. The van der Waals surface area contributed by atoms with Crippen LogP contribution in [0.5, 0.6) is 0 Å². The fourth-order valence-corrected chi connectivity index (χ4v) is 10.9. The Balaban J connectivity index is 1.10. The first-order valence-corrected chi connectivity index (χ1v) is 22.7. The highest BCUT2D eigenvalue weighted by Crippen LogP contribution is 2.51. The zero-order valence-electron chi connectivity index (χ0n) is 35.0.